The maximum absolute atomic E-state index is 12.0. The molecule has 5 atom stereocenters. The van der Waals surface area contributed by atoms with Gasteiger partial charge in [-0.1, -0.05) is 106 Å². The number of H-pyrrole nitrogens is 1. The topological polar surface area (TPSA) is 132 Å². The second kappa shape index (κ2) is 14.0. The third kappa shape index (κ3) is 7.00. The van der Waals surface area contributed by atoms with Crippen molar-refractivity contribution >= 4 is 28.5 Å². The highest BCUT2D eigenvalue weighted by atomic mass is 16.4. The van der Waals surface area contributed by atoms with E-state index in [1.807, 2.05) is 18.3 Å². The number of nitrogens with one attached hydrogen (secondary N) is 1. The van der Waals surface area contributed by atoms with E-state index in [2.05, 4.69) is 53.3 Å². The van der Waals surface area contributed by atoms with Gasteiger partial charge >= 0.3 is 5.97 Å². The predicted molar refractivity (Wildman–Crippen MR) is 172 cm³/mol. The van der Waals surface area contributed by atoms with Crippen molar-refractivity contribution in [3.63, 3.8) is 0 Å². The summed E-state index contributed by atoms with van der Waals surface area (Å²) in [4.78, 5) is 19.5. The number of rotatable bonds is 14. The molecule has 0 saturated heterocycles. The van der Waals surface area contributed by atoms with Crippen LogP contribution >= 0.6 is 0 Å². The van der Waals surface area contributed by atoms with Gasteiger partial charge in [0.2, 0.25) is 0 Å². The monoisotopic (exact) mass is 568 g/mol. The van der Waals surface area contributed by atoms with Crippen molar-refractivity contribution in [1.82, 2.24) is 4.98 Å². The standard InChI is InChI=1S/C35H46N5O2/c1-2-3-4-5-6-7-13-27-30-20-25(29-18-23-11-8-9-12-24(23)19-31(27)29)15-16-28(30)34(40-32-14-10-17-38-32)26(21-33(41)42)22-39-35(36)37/h8-12,14,17-19,21,25,27-28,30,34,38H,2-7,13,15-16,20,22H2,1H3,(H,41,42)(H4,36,37,39)/q-1/b26-21+/t25-,27-,28-,30+,34+/m1/s1. The van der Waals surface area contributed by atoms with Gasteiger partial charge in [0.15, 0.2) is 5.96 Å². The summed E-state index contributed by atoms with van der Waals surface area (Å²) < 4.78 is 0. The Hall–Kier alpha value is -3.74. The molecule has 6 N–H and O–H groups in total. The number of hydrogen-bond donors (Lipinski definition) is 4. The van der Waals surface area contributed by atoms with Gasteiger partial charge in [-0.3, -0.25) is 0 Å². The lowest BCUT2D eigenvalue weighted by Gasteiger charge is -2.51. The number of hydrogen-bond acceptors (Lipinski definition) is 2. The quantitative estimate of drug-likeness (QED) is 0.0681. The molecule has 0 radical (unpaired) electrons. The Kier molecular flexibility index (Phi) is 9.88. The van der Waals surface area contributed by atoms with Crippen molar-refractivity contribution in [3.8, 4) is 0 Å². The van der Waals surface area contributed by atoms with Gasteiger partial charge in [0.05, 0.1) is 6.54 Å². The van der Waals surface area contributed by atoms with Gasteiger partial charge in [-0.15, -0.1) is 0 Å². The summed E-state index contributed by atoms with van der Waals surface area (Å²) in [6.45, 7) is 2.39. The number of guanidine groups is 1. The van der Waals surface area contributed by atoms with Crippen LogP contribution in [0.1, 0.15) is 94.1 Å². The highest BCUT2D eigenvalue weighted by molar-refractivity contribution is 5.85. The minimum atomic E-state index is -1.000. The van der Waals surface area contributed by atoms with Gasteiger partial charge in [-0.25, -0.2) is 9.79 Å². The molecule has 1 fully saturated rings. The Labute approximate surface area is 249 Å². The Morgan fingerprint density at radius 2 is 1.79 bits per heavy atom. The van der Waals surface area contributed by atoms with Crippen LogP contribution in [0.5, 0.6) is 0 Å². The molecule has 0 amide bonds. The van der Waals surface area contributed by atoms with Gasteiger partial charge in [-0.2, -0.15) is 0 Å². The predicted octanol–water partition coefficient (Wildman–Crippen LogP) is 7.87. The summed E-state index contributed by atoms with van der Waals surface area (Å²) in [6, 6.07) is 17.2. The molecule has 1 saturated carbocycles. The van der Waals surface area contributed by atoms with Gasteiger partial charge in [0, 0.05) is 6.08 Å². The fraction of sp³-hybridized carbons (Fsp3) is 0.486. The maximum Gasteiger partial charge on any atom is 0.328 e. The molecule has 7 heteroatoms. The van der Waals surface area contributed by atoms with Crippen LogP contribution in [0.25, 0.3) is 16.1 Å². The zero-order valence-corrected chi connectivity index (χ0v) is 24.8. The molecular formula is C35H46N5O2-. The van der Waals surface area contributed by atoms with E-state index < -0.39 is 5.97 Å². The zero-order valence-electron chi connectivity index (χ0n) is 24.8. The first kappa shape index (κ1) is 29.7. The molecule has 2 aliphatic rings. The Morgan fingerprint density at radius 1 is 1.05 bits per heavy atom. The SMILES string of the molecule is CCCCCCCC[C@H]1c2cc3ccccc3cc2[C@@H]2CC[C@@H]([C@@H]([N-]c3ccc[nH]3)/C(=C/C(=O)O)CN=C(N)N)[C@H]1C2. The van der Waals surface area contributed by atoms with Gasteiger partial charge in [0.1, 0.15) is 0 Å². The van der Waals surface area contributed by atoms with E-state index in [1.54, 1.807) is 0 Å². The Bertz CT molecular complexity index is 1390. The maximum atomic E-state index is 12.0. The molecule has 0 aliphatic heterocycles. The first-order valence-corrected chi connectivity index (χ1v) is 15.8. The molecule has 0 spiro atoms. The third-order valence-electron chi connectivity index (χ3n) is 9.53. The van der Waals surface area contributed by atoms with E-state index in [9.17, 15) is 9.90 Å². The van der Waals surface area contributed by atoms with Crippen molar-refractivity contribution < 1.29 is 9.90 Å². The summed E-state index contributed by atoms with van der Waals surface area (Å²) in [5.74, 6) is 1.21. The van der Waals surface area contributed by atoms with Crippen molar-refractivity contribution in [2.75, 3.05) is 6.54 Å². The molecule has 5 rings (SSSR count). The van der Waals surface area contributed by atoms with Crippen molar-refractivity contribution in [2.45, 2.75) is 89.0 Å². The number of nitrogens with zero attached hydrogens (tertiary/aromatic N) is 2. The minimum Gasteiger partial charge on any atom is -0.478 e. The van der Waals surface area contributed by atoms with Crippen molar-refractivity contribution in [2.24, 2.45) is 28.3 Å². The number of aliphatic imine (C=N–C) groups is 1. The second-order valence-electron chi connectivity index (χ2n) is 12.3. The summed E-state index contributed by atoms with van der Waals surface area (Å²) >= 11 is 0. The number of aromatic amines is 1. The fourth-order valence-electron chi connectivity index (χ4n) is 7.63. The normalized spacial score (nSPS) is 22.4. The van der Waals surface area contributed by atoms with Crippen molar-refractivity contribution in [3.05, 3.63) is 82.8 Å². The summed E-state index contributed by atoms with van der Waals surface area (Å²) in [6.07, 6.45) is 15.1. The number of carbonyl (C=O) groups is 1. The summed E-state index contributed by atoms with van der Waals surface area (Å²) in [7, 11) is 0. The van der Waals surface area contributed by atoms with Gasteiger partial charge < -0.3 is 26.9 Å². The van der Waals surface area contributed by atoms with Crippen LogP contribution in [0.4, 0.5) is 5.82 Å². The smallest absolute Gasteiger partial charge is 0.328 e. The number of benzene rings is 2. The van der Waals surface area contributed by atoms with Crippen molar-refractivity contribution in [1.29, 1.82) is 0 Å². The van der Waals surface area contributed by atoms with E-state index >= 15 is 0 Å². The lowest BCUT2D eigenvalue weighted by molar-refractivity contribution is -0.131. The minimum absolute atomic E-state index is 0.0481. The van der Waals surface area contributed by atoms with E-state index in [0.717, 1.165) is 31.5 Å². The highest BCUT2D eigenvalue weighted by Gasteiger charge is 2.44. The molecule has 7 nitrogen and oxygen atoms in total. The van der Waals surface area contributed by atoms with E-state index in [1.165, 1.54) is 66.5 Å². The Morgan fingerprint density at radius 3 is 2.48 bits per heavy atom. The molecule has 0 unspecified atom stereocenters. The molecule has 42 heavy (non-hydrogen) atoms. The zero-order chi connectivity index (χ0) is 29.5. The molecule has 1 aromatic heterocycles. The number of fused-ring (bicyclic) bond motifs is 5. The number of aromatic nitrogens is 1. The molecule has 2 aromatic carbocycles. The van der Waals surface area contributed by atoms with Crippen LogP contribution in [-0.4, -0.2) is 34.6 Å². The van der Waals surface area contributed by atoms with Gasteiger partial charge in [0.25, 0.3) is 0 Å². The number of nitrogens with two attached hydrogens (primary N) is 2. The first-order chi connectivity index (χ1) is 20.4. The van der Waals surface area contributed by atoms with Crippen LogP contribution in [0.15, 0.2) is 71.4 Å². The van der Waals surface area contributed by atoms with Crippen LogP contribution < -0.4 is 11.5 Å². The third-order valence-corrected chi connectivity index (χ3v) is 9.53. The average molecular weight is 569 g/mol. The summed E-state index contributed by atoms with van der Waals surface area (Å²) in [5.41, 5.74) is 15.1. The van der Waals surface area contributed by atoms with Crippen LogP contribution in [0.3, 0.4) is 0 Å². The molecule has 3 aromatic rings. The second-order valence-corrected chi connectivity index (χ2v) is 12.3. The van der Waals surface area contributed by atoms with E-state index in [0.29, 0.717) is 23.3 Å². The number of carboxylic acids is 1. The molecule has 1 heterocycles. The number of carboxylic acid groups (broad SMARTS) is 1. The largest absolute Gasteiger partial charge is 0.478 e. The van der Waals surface area contributed by atoms with Gasteiger partial charge in [-0.05, 0) is 82.9 Å². The summed E-state index contributed by atoms with van der Waals surface area (Å²) in [5, 5.41) is 17.6. The lowest BCUT2D eigenvalue weighted by atomic mass is 9.57. The molecular weight excluding hydrogens is 522 g/mol. The number of unbranched alkanes of at least 4 members (excludes halogenated alkanes) is 5. The van der Waals surface area contributed by atoms with Crippen LogP contribution in [-0.2, 0) is 4.79 Å². The average Bonchev–Trinajstić information content (AvgIpc) is 3.50. The Balaban J connectivity index is 1.52. The molecule has 224 valence electrons. The molecule has 2 bridgehead atoms. The fourth-order valence-corrected chi connectivity index (χ4v) is 7.63. The molecule has 2 aliphatic carbocycles. The van der Waals surface area contributed by atoms with Crippen LogP contribution in [0.2, 0.25) is 0 Å². The lowest BCUT2D eigenvalue weighted by Crippen LogP contribution is -2.40. The van der Waals surface area contributed by atoms with E-state index in [4.69, 9.17) is 16.8 Å². The van der Waals surface area contributed by atoms with E-state index in [-0.39, 0.29) is 24.5 Å². The first-order valence-electron chi connectivity index (χ1n) is 15.8. The highest BCUT2D eigenvalue weighted by Crippen LogP contribution is 2.57. The number of aliphatic carboxylic acids is 1. The van der Waals surface area contributed by atoms with Crippen LogP contribution in [0, 0.1) is 11.8 Å².